The van der Waals surface area contributed by atoms with Crippen LogP contribution in [-0.4, -0.2) is 35.7 Å². The van der Waals surface area contributed by atoms with E-state index in [2.05, 4.69) is 18.7 Å². The third-order valence-electron chi connectivity index (χ3n) is 3.30. The van der Waals surface area contributed by atoms with Crippen molar-refractivity contribution in [2.45, 2.75) is 45.6 Å². The summed E-state index contributed by atoms with van der Waals surface area (Å²) >= 11 is 0. The van der Waals surface area contributed by atoms with Crippen molar-refractivity contribution in [2.75, 3.05) is 19.7 Å². The minimum Gasteiger partial charge on any atom is -0.396 e. The molecule has 0 aliphatic carbocycles. The normalized spacial score (nSPS) is 26.5. The zero-order chi connectivity index (χ0) is 9.68. The first kappa shape index (κ1) is 11.0. The second kappa shape index (κ2) is 5.61. The molecule has 13 heavy (non-hydrogen) atoms. The topological polar surface area (TPSA) is 23.5 Å². The number of hydrogen-bond donors (Lipinski definition) is 1. The van der Waals surface area contributed by atoms with Gasteiger partial charge in [-0.25, -0.2) is 0 Å². The summed E-state index contributed by atoms with van der Waals surface area (Å²) in [6.45, 7) is 7.35. The Hall–Kier alpha value is -0.0800. The van der Waals surface area contributed by atoms with E-state index in [4.69, 9.17) is 5.11 Å². The number of aliphatic hydroxyl groups excluding tert-OH is 1. The molecule has 0 bridgehead atoms. The fourth-order valence-electron chi connectivity index (χ4n) is 2.20. The predicted octanol–water partition coefficient (Wildman–Crippen LogP) is 1.88. The third kappa shape index (κ3) is 3.28. The molecular formula is C11H23NO. The van der Waals surface area contributed by atoms with Crippen LogP contribution in [0.2, 0.25) is 0 Å². The molecule has 1 rings (SSSR count). The van der Waals surface area contributed by atoms with Crippen molar-refractivity contribution in [2.24, 2.45) is 5.92 Å². The maximum atomic E-state index is 8.89. The van der Waals surface area contributed by atoms with Gasteiger partial charge in [-0.2, -0.15) is 0 Å². The molecule has 1 heterocycles. The van der Waals surface area contributed by atoms with Crippen LogP contribution in [0.3, 0.4) is 0 Å². The van der Waals surface area contributed by atoms with Gasteiger partial charge in [-0.15, -0.1) is 0 Å². The lowest BCUT2D eigenvalue weighted by molar-refractivity contribution is 0.187. The fraction of sp³-hybridized carbons (Fsp3) is 1.00. The van der Waals surface area contributed by atoms with Gasteiger partial charge in [0.2, 0.25) is 0 Å². The van der Waals surface area contributed by atoms with Crippen LogP contribution in [0.1, 0.15) is 39.5 Å². The van der Waals surface area contributed by atoms with Crippen molar-refractivity contribution in [3.63, 3.8) is 0 Å². The number of likely N-dealkylation sites (tertiary alicyclic amines) is 1. The van der Waals surface area contributed by atoms with E-state index in [9.17, 15) is 0 Å². The molecule has 1 aliphatic rings. The molecule has 2 unspecified atom stereocenters. The SMILES string of the molecule is CCC(CCO)CN1CCCC1C. The predicted molar refractivity (Wildman–Crippen MR) is 55.8 cm³/mol. The number of rotatable bonds is 5. The minimum absolute atomic E-state index is 0.348. The molecule has 0 aromatic rings. The van der Waals surface area contributed by atoms with Gasteiger partial charge in [0.15, 0.2) is 0 Å². The van der Waals surface area contributed by atoms with Gasteiger partial charge in [-0.3, -0.25) is 0 Å². The Balaban J connectivity index is 2.27. The first-order chi connectivity index (χ1) is 6.27. The van der Waals surface area contributed by atoms with Crippen LogP contribution in [-0.2, 0) is 0 Å². The summed E-state index contributed by atoms with van der Waals surface area (Å²) in [6.07, 6.45) is 4.88. The molecule has 1 fully saturated rings. The highest BCUT2D eigenvalue weighted by atomic mass is 16.3. The lowest BCUT2D eigenvalue weighted by atomic mass is 10.0. The molecule has 1 saturated heterocycles. The molecule has 0 aromatic heterocycles. The standard InChI is InChI=1S/C11H23NO/c1-3-11(6-8-13)9-12-7-4-5-10(12)2/h10-11,13H,3-9H2,1-2H3. The van der Waals surface area contributed by atoms with Gasteiger partial charge in [-0.1, -0.05) is 13.3 Å². The maximum Gasteiger partial charge on any atom is 0.0434 e. The Labute approximate surface area is 81.9 Å². The second-order valence-corrected chi connectivity index (χ2v) is 4.27. The highest BCUT2D eigenvalue weighted by Gasteiger charge is 2.22. The van der Waals surface area contributed by atoms with Gasteiger partial charge in [-0.05, 0) is 38.6 Å². The van der Waals surface area contributed by atoms with Crippen molar-refractivity contribution < 1.29 is 5.11 Å². The van der Waals surface area contributed by atoms with E-state index in [-0.39, 0.29) is 0 Å². The largest absolute Gasteiger partial charge is 0.396 e. The summed E-state index contributed by atoms with van der Waals surface area (Å²) in [4.78, 5) is 2.57. The number of hydrogen-bond acceptors (Lipinski definition) is 2. The van der Waals surface area contributed by atoms with Crippen LogP contribution >= 0.6 is 0 Å². The molecular weight excluding hydrogens is 162 g/mol. The fourth-order valence-corrected chi connectivity index (χ4v) is 2.20. The Morgan fingerprint density at radius 2 is 2.31 bits per heavy atom. The molecule has 0 aromatic carbocycles. The zero-order valence-electron chi connectivity index (χ0n) is 9.00. The monoisotopic (exact) mass is 185 g/mol. The van der Waals surface area contributed by atoms with E-state index in [0.29, 0.717) is 12.5 Å². The molecule has 2 atom stereocenters. The molecule has 78 valence electrons. The van der Waals surface area contributed by atoms with Gasteiger partial charge in [0.1, 0.15) is 0 Å². The van der Waals surface area contributed by atoms with Crippen LogP contribution < -0.4 is 0 Å². The molecule has 1 N–H and O–H groups in total. The highest BCUT2D eigenvalue weighted by Crippen LogP contribution is 2.20. The average Bonchev–Trinajstić information content (AvgIpc) is 2.51. The van der Waals surface area contributed by atoms with Gasteiger partial charge < -0.3 is 10.0 Å². The van der Waals surface area contributed by atoms with Gasteiger partial charge in [0, 0.05) is 19.2 Å². The summed E-state index contributed by atoms with van der Waals surface area (Å²) in [5.74, 6) is 0.700. The van der Waals surface area contributed by atoms with E-state index in [0.717, 1.165) is 12.5 Å². The highest BCUT2D eigenvalue weighted by molar-refractivity contribution is 4.77. The van der Waals surface area contributed by atoms with Crippen LogP contribution in [0.4, 0.5) is 0 Å². The molecule has 0 amide bonds. The quantitative estimate of drug-likeness (QED) is 0.707. The van der Waals surface area contributed by atoms with E-state index in [1.165, 1.54) is 32.4 Å². The van der Waals surface area contributed by atoms with Crippen molar-refractivity contribution >= 4 is 0 Å². The van der Waals surface area contributed by atoms with E-state index < -0.39 is 0 Å². The summed E-state index contributed by atoms with van der Waals surface area (Å²) in [5.41, 5.74) is 0. The lowest BCUT2D eigenvalue weighted by Crippen LogP contribution is -2.32. The van der Waals surface area contributed by atoms with Crippen LogP contribution in [0.5, 0.6) is 0 Å². The van der Waals surface area contributed by atoms with Crippen molar-refractivity contribution in [1.29, 1.82) is 0 Å². The minimum atomic E-state index is 0.348. The molecule has 1 aliphatic heterocycles. The number of aliphatic hydroxyl groups is 1. The first-order valence-corrected chi connectivity index (χ1v) is 5.62. The van der Waals surface area contributed by atoms with Crippen LogP contribution in [0.15, 0.2) is 0 Å². The van der Waals surface area contributed by atoms with Crippen LogP contribution in [0, 0.1) is 5.92 Å². The van der Waals surface area contributed by atoms with Gasteiger partial charge >= 0.3 is 0 Å². The van der Waals surface area contributed by atoms with E-state index in [1.807, 2.05) is 0 Å². The van der Waals surface area contributed by atoms with E-state index >= 15 is 0 Å². The smallest absolute Gasteiger partial charge is 0.0434 e. The summed E-state index contributed by atoms with van der Waals surface area (Å²) < 4.78 is 0. The summed E-state index contributed by atoms with van der Waals surface area (Å²) in [5, 5.41) is 8.89. The van der Waals surface area contributed by atoms with Crippen molar-refractivity contribution in [3.8, 4) is 0 Å². The zero-order valence-corrected chi connectivity index (χ0v) is 9.00. The molecule has 2 heteroatoms. The Kier molecular flexibility index (Phi) is 4.74. The second-order valence-electron chi connectivity index (χ2n) is 4.27. The average molecular weight is 185 g/mol. The van der Waals surface area contributed by atoms with E-state index in [1.54, 1.807) is 0 Å². The molecule has 2 nitrogen and oxygen atoms in total. The Morgan fingerprint density at radius 3 is 2.77 bits per heavy atom. The number of nitrogens with zero attached hydrogens (tertiary/aromatic N) is 1. The Bertz CT molecular complexity index is 138. The molecule has 0 spiro atoms. The van der Waals surface area contributed by atoms with Gasteiger partial charge in [0.05, 0.1) is 0 Å². The lowest BCUT2D eigenvalue weighted by Gasteiger charge is -2.25. The molecule has 0 radical (unpaired) electrons. The van der Waals surface area contributed by atoms with Crippen molar-refractivity contribution in [3.05, 3.63) is 0 Å². The first-order valence-electron chi connectivity index (χ1n) is 5.62. The van der Waals surface area contributed by atoms with Crippen LogP contribution in [0.25, 0.3) is 0 Å². The van der Waals surface area contributed by atoms with Crippen molar-refractivity contribution in [1.82, 2.24) is 4.90 Å². The summed E-state index contributed by atoms with van der Waals surface area (Å²) in [6, 6.07) is 0.771. The molecule has 0 saturated carbocycles. The van der Waals surface area contributed by atoms with Gasteiger partial charge in [0.25, 0.3) is 0 Å². The summed E-state index contributed by atoms with van der Waals surface area (Å²) in [7, 11) is 0. The third-order valence-corrected chi connectivity index (χ3v) is 3.30. The Morgan fingerprint density at radius 1 is 1.54 bits per heavy atom. The maximum absolute atomic E-state index is 8.89.